The van der Waals surface area contributed by atoms with Gasteiger partial charge < -0.3 is 15.6 Å². The summed E-state index contributed by atoms with van der Waals surface area (Å²) in [6, 6.07) is 22.1. The Kier molecular flexibility index (Phi) is 12.2. The first-order valence-corrected chi connectivity index (χ1v) is 9.25. The van der Waals surface area contributed by atoms with E-state index < -0.39 is 0 Å². The number of nitrogens with zero attached hydrogens (tertiary/aromatic N) is 5. The number of hydrogen-bond donors (Lipinski definition) is 0. The maximum Gasteiger partial charge on any atom is 3.00 e. The van der Waals surface area contributed by atoms with Gasteiger partial charge in [-0.05, 0) is 40.8 Å². The SMILES string of the molecule is C(=Nc1ccccc1)c1cccc2cc(-c3ccncc3)[n-]c12.C[N-]C.C[N-]C.[Ti+3]. The molecule has 0 aliphatic rings. The summed E-state index contributed by atoms with van der Waals surface area (Å²) in [4.78, 5) is 13.4. The van der Waals surface area contributed by atoms with Crippen LogP contribution < -0.4 is 4.98 Å². The van der Waals surface area contributed by atoms with Crippen LogP contribution in [0, 0.1) is 0 Å². The summed E-state index contributed by atoms with van der Waals surface area (Å²) < 4.78 is 0. The maximum absolute atomic E-state index is 4.78. The molecule has 0 unspecified atom stereocenters. The molecule has 1 radical (unpaired) electrons. The van der Waals surface area contributed by atoms with Crippen LogP contribution in [0.15, 0.2) is 84.1 Å². The van der Waals surface area contributed by atoms with Gasteiger partial charge in [0.1, 0.15) is 0 Å². The number of aromatic nitrogens is 2. The molecule has 4 rings (SSSR count). The van der Waals surface area contributed by atoms with Crippen LogP contribution in [0.4, 0.5) is 5.69 Å². The van der Waals surface area contributed by atoms with Crippen molar-refractivity contribution in [2.75, 3.05) is 28.2 Å². The average Bonchev–Trinajstić information content (AvgIpc) is 3.20. The Morgan fingerprint density at radius 1 is 0.833 bits per heavy atom. The van der Waals surface area contributed by atoms with E-state index in [1.165, 1.54) is 0 Å². The zero-order valence-electron chi connectivity index (χ0n) is 17.8. The third kappa shape index (κ3) is 7.69. The molecule has 0 N–H and O–H groups in total. The molecular weight excluding hydrogens is 406 g/mol. The van der Waals surface area contributed by atoms with Crippen molar-refractivity contribution >= 4 is 22.8 Å². The number of fused-ring (bicyclic) bond motifs is 1. The van der Waals surface area contributed by atoms with Crippen LogP contribution in [0.3, 0.4) is 0 Å². The van der Waals surface area contributed by atoms with Crippen molar-refractivity contribution in [3.8, 4) is 11.3 Å². The fraction of sp³-hybridized carbons (Fsp3) is 0.167. The molecule has 0 saturated heterocycles. The Morgan fingerprint density at radius 3 is 2.10 bits per heavy atom. The molecule has 151 valence electrons. The molecule has 0 amide bonds. The summed E-state index contributed by atoms with van der Waals surface area (Å²) in [7, 11) is 7.00. The van der Waals surface area contributed by atoms with Crippen LogP contribution in [0.1, 0.15) is 5.56 Å². The zero-order valence-corrected chi connectivity index (χ0v) is 19.4. The van der Waals surface area contributed by atoms with Crippen molar-refractivity contribution < 1.29 is 21.7 Å². The van der Waals surface area contributed by atoms with Gasteiger partial charge in [0.2, 0.25) is 0 Å². The Labute approximate surface area is 193 Å². The van der Waals surface area contributed by atoms with Gasteiger partial charge in [-0.3, -0.25) is 9.98 Å². The van der Waals surface area contributed by atoms with Gasteiger partial charge in [0, 0.05) is 18.6 Å². The largest absolute Gasteiger partial charge is 3.00 e. The molecule has 6 heteroatoms. The molecule has 5 nitrogen and oxygen atoms in total. The monoisotopic (exact) mass is 432 g/mol. The van der Waals surface area contributed by atoms with Gasteiger partial charge in [-0.15, -0.1) is 11.2 Å². The van der Waals surface area contributed by atoms with Crippen molar-refractivity contribution in [2.45, 2.75) is 0 Å². The summed E-state index contributed by atoms with van der Waals surface area (Å²) in [6.45, 7) is 0. The van der Waals surface area contributed by atoms with Gasteiger partial charge in [0.15, 0.2) is 0 Å². The van der Waals surface area contributed by atoms with Crippen molar-refractivity contribution in [1.82, 2.24) is 9.97 Å². The topological polar surface area (TPSA) is 67.6 Å². The first-order chi connectivity index (χ1) is 14.2. The number of hydrogen-bond acceptors (Lipinski definition) is 2. The Morgan fingerprint density at radius 2 is 1.47 bits per heavy atom. The second-order valence-electron chi connectivity index (χ2n) is 6.15. The number of rotatable bonds is 3. The quantitative estimate of drug-likeness (QED) is 0.301. The van der Waals surface area contributed by atoms with Gasteiger partial charge in [-0.1, -0.05) is 42.5 Å². The molecule has 2 heterocycles. The predicted molar refractivity (Wildman–Crippen MR) is 125 cm³/mol. The second kappa shape index (κ2) is 14.4. The molecule has 0 bridgehead atoms. The molecule has 0 atom stereocenters. The van der Waals surface area contributed by atoms with E-state index in [1.807, 2.05) is 60.8 Å². The molecule has 0 saturated carbocycles. The molecule has 30 heavy (non-hydrogen) atoms. The fourth-order valence-corrected chi connectivity index (χ4v) is 2.56. The maximum atomic E-state index is 4.78. The van der Waals surface area contributed by atoms with E-state index in [1.54, 1.807) is 40.6 Å². The molecule has 4 aromatic rings. The van der Waals surface area contributed by atoms with Crippen LogP contribution in [0.2, 0.25) is 0 Å². The van der Waals surface area contributed by atoms with E-state index >= 15 is 0 Å². The summed E-state index contributed by atoms with van der Waals surface area (Å²) in [5.41, 5.74) is 4.96. The molecule has 0 aliphatic carbocycles. The van der Waals surface area contributed by atoms with Crippen LogP contribution in [0.25, 0.3) is 32.8 Å². The number of benzene rings is 2. The van der Waals surface area contributed by atoms with Gasteiger partial charge in [-0.25, -0.2) is 0 Å². The van der Waals surface area contributed by atoms with E-state index in [0.717, 1.165) is 33.4 Å². The van der Waals surface area contributed by atoms with E-state index in [9.17, 15) is 0 Å². The Bertz CT molecular complexity index is 996. The molecule has 0 aliphatic heterocycles. The first-order valence-electron chi connectivity index (χ1n) is 9.25. The molecular formula is C24H26N5Ti. The number of aliphatic imine (C=N–C) groups is 1. The van der Waals surface area contributed by atoms with Crippen LogP contribution >= 0.6 is 0 Å². The van der Waals surface area contributed by atoms with Gasteiger partial charge in [-0.2, -0.15) is 28.2 Å². The zero-order chi connectivity index (χ0) is 20.9. The number of para-hydroxylation sites is 2. The molecule has 0 fully saturated rings. The third-order valence-electron chi connectivity index (χ3n) is 3.71. The van der Waals surface area contributed by atoms with Gasteiger partial charge in [0.05, 0.1) is 5.69 Å². The van der Waals surface area contributed by atoms with Crippen molar-refractivity contribution in [1.29, 1.82) is 0 Å². The average molecular weight is 432 g/mol. The van der Waals surface area contributed by atoms with Gasteiger partial charge >= 0.3 is 21.7 Å². The fourth-order valence-electron chi connectivity index (χ4n) is 2.56. The Balaban J connectivity index is 0.000000579. The van der Waals surface area contributed by atoms with E-state index in [-0.39, 0.29) is 21.7 Å². The van der Waals surface area contributed by atoms with Crippen LogP contribution in [0.5, 0.6) is 0 Å². The van der Waals surface area contributed by atoms with Crippen LogP contribution in [-0.4, -0.2) is 39.4 Å². The molecule has 2 aromatic heterocycles. The van der Waals surface area contributed by atoms with Crippen molar-refractivity contribution in [3.05, 3.63) is 95.3 Å². The minimum absolute atomic E-state index is 0. The minimum atomic E-state index is 0. The summed E-state index contributed by atoms with van der Waals surface area (Å²) in [5, 5.41) is 8.12. The van der Waals surface area contributed by atoms with Crippen molar-refractivity contribution in [2.24, 2.45) is 4.99 Å². The second-order valence-corrected chi connectivity index (χ2v) is 6.15. The van der Waals surface area contributed by atoms with E-state index in [0.29, 0.717) is 0 Å². The standard InChI is InChI=1S/C20H14N3.2C2H6N.Ti/c1-2-7-18(8-3-1)22-14-17-6-4-5-16-13-19(23-20(16)17)15-9-11-21-12-10-15;2*1-3-2;/h1-14H;2*1-2H3;/q3*-1;+3. The van der Waals surface area contributed by atoms with Crippen LogP contribution in [-0.2, 0) is 21.7 Å². The normalized spacial score (nSPS) is 9.87. The first kappa shape index (κ1) is 25.5. The predicted octanol–water partition coefficient (Wildman–Crippen LogP) is 5.85. The molecule has 2 aromatic carbocycles. The smallest absolute Gasteiger partial charge is 0.668 e. The Hall–Kier alpha value is -2.57. The third-order valence-corrected chi connectivity index (χ3v) is 3.71. The van der Waals surface area contributed by atoms with Crippen molar-refractivity contribution in [3.63, 3.8) is 0 Å². The van der Waals surface area contributed by atoms with E-state index in [2.05, 4.69) is 32.7 Å². The summed E-state index contributed by atoms with van der Waals surface area (Å²) in [5.74, 6) is 0. The van der Waals surface area contributed by atoms with Gasteiger partial charge in [0.25, 0.3) is 0 Å². The van der Waals surface area contributed by atoms with E-state index in [4.69, 9.17) is 4.98 Å². The number of pyridine rings is 1. The summed E-state index contributed by atoms with van der Waals surface area (Å²) in [6.07, 6.45) is 5.44. The summed E-state index contributed by atoms with van der Waals surface area (Å²) >= 11 is 0. The molecule has 0 spiro atoms. The minimum Gasteiger partial charge on any atom is -0.668 e.